The second kappa shape index (κ2) is 6.21. The first kappa shape index (κ1) is 14.6. The third kappa shape index (κ3) is 3.66. The smallest absolute Gasteiger partial charge is 0.234 e. The van der Waals surface area contributed by atoms with Crippen LogP contribution in [-0.2, 0) is 16.6 Å². The molecule has 0 atom stereocenters. The lowest BCUT2D eigenvalue weighted by Crippen LogP contribution is -2.20. The quantitative estimate of drug-likeness (QED) is 0.920. The summed E-state index contributed by atoms with van der Waals surface area (Å²) < 4.78 is 36.9. The van der Waals surface area contributed by atoms with Crippen LogP contribution in [0.4, 0.5) is 0 Å². The van der Waals surface area contributed by atoms with Crippen LogP contribution in [0.3, 0.4) is 0 Å². The molecule has 1 aliphatic rings. The molecule has 1 N–H and O–H groups in total. The number of sulfonamides is 1. The van der Waals surface area contributed by atoms with Gasteiger partial charge in [-0.2, -0.15) is 0 Å². The van der Waals surface area contributed by atoms with Crippen molar-refractivity contribution in [1.29, 1.82) is 0 Å². The summed E-state index contributed by atoms with van der Waals surface area (Å²) in [6.45, 7) is 0.391. The summed E-state index contributed by atoms with van der Waals surface area (Å²) in [6.07, 6.45) is 1.56. The molecule has 0 saturated heterocycles. The molecule has 2 aromatic rings. The number of rotatable bonds is 5. The maximum absolute atomic E-state index is 12.0. The molecule has 0 aromatic heterocycles. The molecule has 0 saturated carbocycles. The van der Waals surface area contributed by atoms with E-state index in [0.29, 0.717) is 11.5 Å². The summed E-state index contributed by atoms with van der Waals surface area (Å²) in [5.41, 5.74) is 1.64. The Hall–Kier alpha value is -2.31. The average molecular weight is 317 g/mol. The molecule has 22 heavy (non-hydrogen) atoms. The number of nitrogens with one attached hydrogen (secondary N) is 1. The average Bonchev–Trinajstić information content (AvgIpc) is 3.00. The van der Waals surface area contributed by atoms with Crippen LogP contribution < -0.4 is 14.2 Å². The standard InChI is InChI=1S/C16H15NO4S/c18-22(19,9-8-13-4-2-1-3-5-13)17-11-14-6-7-15-16(10-14)21-12-20-15/h1-10,17H,11-12H2/b9-8-. The molecule has 1 heterocycles. The van der Waals surface area contributed by atoms with Crippen molar-refractivity contribution in [2.24, 2.45) is 0 Å². The lowest BCUT2D eigenvalue weighted by Gasteiger charge is -2.04. The molecule has 2 aromatic carbocycles. The third-order valence-corrected chi connectivity index (χ3v) is 4.19. The van der Waals surface area contributed by atoms with Crippen molar-refractivity contribution in [2.45, 2.75) is 6.54 Å². The zero-order valence-electron chi connectivity index (χ0n) is 11.7. The monoisotopic (exact) mass is 317 g/mol. The van der Waals surface area contributed by atoms with Crippen LogP contribution >= 0.6 is 0 Å². The van der Waals surface area contributed by atoms with Crippen LogP contribution in [0.1, 0.15) is 11.1 Å². The second-order valence-corrected chi connectivity index (χ2v) is 6.42. The molecule has 0 aliphatic carbocycles. The molecule has 1 aliphatic heterocycles. The number of ether oxygens (including phenoxy) is 2. The maximum atomic E-state index is 12.0. The summed E-state index contributed by atoms with van der Waals surface area (Å²) in [5.74, 6) is 1.31. The van der Waals surface area contributed by atoms with E-state index in [1.165, 1.54) is 0 Å². The van der Waals surface area contributed by atoms with Gasteiger partial charge in [-0.25, -0.2) is 13.1 Å². The number of hydrogen-bond donors (Lipinski definition) is 1. The molecule has 0 spiro atoms. The Morgan fingerprint density at radius 2 is 1.82 bits per heavy atom. The number of fused-ring (bicyclic) bond motifs is 1. The van der Waals surface area contributed by atoms with Crippen LogP contribution in [0.15, 0.2) is 53.9 Å². The molecule has 0 amide bonds. The van der Waals surface area contributed by atoms with Gasteiger partial charge in [0.1, 0.15) is 0 Å². The normalized spacial score (nSPS) is 13.6. The van der Waals surface area contributed by atoms with Crippen LogP contribution in [0.5, 0.6) is 11.5 Å². The minimum atomic E-state index is -3.49. The molecule has 114 valence electrons. The van der Waals surface area contributed by atoms with Gasteiger partial charge in [-0.1, -0.05) is 36.4 Å². The van der Waals surface area contributed by atoms with Crippen molar-refractivity contribution < 1.29 is 17.9 Å². The van der Waals surface area contributed by atoms with E-state index in [4.69, 9.17) is 9.47 Å². The first-order chi connectivity index (χ1) is 10.6. The lowest BCUT2D eigenvalue weighted by atomic mass is 10.2. The van der Waals surface area contributed by atoms with E-state index >= 15 is 0 Å². The predicted octanol–water partition coefficient (Wildman–Crippen LogP) is 2.51. The minimum Gasteiger partial charge on any atom is -0.454 e. The highest BCUT2D eigenvalue weighted by atomic mass is 32.2. The summed E-state index contributed by atoms with van der Waals surface area (Å²) in [5, 5.41) is 1.16. The fourth-order valence-corrected chi connectivity index (χ4v) is 2.82. The molecular weight excluding hydrogens is 302 g/mol. The Balaban J connectivity index is 1.64. The fourth-order valence-electron chi connectivity index (χ4n) is 2.02. The molecule has 3 rings (SSSR count). The van der Waals surface area contributed by atoms with Crippen molar-refractivity contribution >= 4 is 16.1 Å². The van der Waals surface area contributed by atoms with Crippen molar-refractivity contribution in [3.8, 4) is 11.5 Å². The van der Waals surface area contributed by atoms with E-state index in [1.54, 1.807) is 24.3 Å². The maximum Gasteiger partial charge on any atom is 0.234 e. The summed E-state index contributed by atoms with van der Waals surface area (Å²) >= 11 is 0. The highest BCUT2D eigenvalue weighted by Crippen LogP contribution is 2.32. The van der Waals surface area contributed by atoms with Crippen molar-refractivity contribution in [1.82, 2.24) is 4.72 Å². The van der Waals surface area contributed by atoms with Gasteiger partial charge >= 0.3 is 0 Å². The highest BCUT2D eigenvalue weighted by Gasteiger charge is 2.13. The van der Waals surface area contributed by atoms with Gasteiger partial charge in [-0.05, 0) is 29.3 Å². The Kier molecular flexibility index (Phi) is 4.13. The molecule has 0 bridgehead atoms. The van der Waals surface area contributed by atoms with Gasteiger partial charge in [0.05, 0.1) is 0 Å². The van der Waals surface area contributed by atoms with E-state index in [0.717, 1.165) is 16.5 Å². The van der Waals surface area contributed by atoms with E-state index in [2.05, 4.69) is 4.72 Å². The van der Waals surface area contributed by atoms with Crippen molar-refractivity contribution in [3.05, 3.63) is 65.1 Å². The van der Waals surface area contributed by atoms with Gasteiger partial charge in [0.15, 0.2) is 11.5 Å². The van der Waals surface area contributed by atoms with Gasteiger partial charge in [-0.15, -0.1) is 0 Å². The van der Waals surface area contributed by atoms with Crippen LogP contribution in [0, 0.1) is 0 Å². The van der Waals surface area contributed by atoms with Gasteiger partial charge in [0.2, 0.25) is 16.8 Å². The van der Waals surface area contributed by atoms with Gasteiger partial charge < -0.3 is 9.47 Å². The molecule has 0 radical (unpaired) electrons. The van der Waals surface area contributed by atoms with E-state index in [9.17, 15) is 8.42 Å². The largest absolute Gasteiger partial charge is 0.454 e. The van der Waals surface area contributed by atoms with E-state index < -0.39 is 10.0 Å². The van der Waals surface area contributed by atoms with Gasteiger partial charge in [0.25, 0.3) is 0 Å². The van der Waals surface area contributed by atoms with Gasteiger partial charge in [-0.3, -0.25) is 0 Å². The van der Waals surface area contributed by atoms with Crippen LogP contribution in [0.2, 0.25) is 0 Å². The fraction of sp³-hybridized carbons (Fsp3) is 0.125. The van der Waals surface area contributed by atoms with E-state index in [1.807, 2.05) is 30.3 Å². The predicted molar refractivity (Wildman–Crippen MR) is 83.8 cm³/mol. The van der Waals surface area contributed by atoms with Crippen LogP contribution in [-0.4, -0.2) is 15.2 Å². The molecular formula is C16H15NO4S. The van der Waals surface area contributed by atoms with Gasteiger partial charge in [0, 0.05) is 12.0 Å². The zero-order valence-corrected chi connectivity index (χ0v) is 12.5. The zero-order chi connectivity index (χ0) is 15.4. The van der Waals surface area contributed by atoms with Crippen molar-refractivity contribution in [3.63, 3.8) is 0 Å². The number of hydrogen-bond acceptors (Lipinski definition) is 4. The topological polar surface area (TPSA) is 64.6 Å². The molecule has 0 unspecified atom stereocenters. The highest BCUT2D eigenvalue weighted by molar-refractivity contribution is 7.92. The number of benzene rings is 2. The van der Waals surface area contributed by atoms with E-state index in [-0.39, 0.29) is 13.3 Å². The Morgan fingerprint density at radius 3 is 2.64 bits per heavy atom. The first-order valence-corrected chi connectivity index (χ1v) is 8.28. The Labute approximate surface area is 129 Å². The SMILES string of the molecule is O=S(=O)(/C=C\c1ccccc1)NCc1ccc2c(c1)OCO2. The van der Waals surface area contributed by atoms with Crippen molar-refractivity contribution in [2.75, 3.05) is 6.79 Å². The Morgan fingerprint density at radius 1 is 1.05 bits per heavy atom. The summed E-state index contributed by atoms with van der Waals surface area (Å²) in [6, 6.07) is 14.6. The summed E-state index contributed by atoms with van der Waals surface area (Å²) in [7, 11) is -3.49. The minimum absolute atomic E-state index is 0.193. The molecule has 6 heteroatoms. The molecule has 0 fully saturated rings. The first-order valence-electron chi connectivity index (χ1n) is 6.74. The third-order valence-electron chi connectivity index (χ3n) is 3.15. The van der Waals surface area contributed by atoms with Crippen LogP contribution in [0.25, 0.3) is 6.08 Å². The molecule has 5 nitrogen and oxygen atoms in total. The lowest BCUT2D eigenvalue weighted by molar-refractivity contribution is 0.174. The Bertz CT molecular complexity index is 785. The second-order valence-electron chi connectivity index (χ2n) is 4.77. The summed E-state index contributed by atoms with van der Waals surface area (Å²) in [4.78, 5) is 0.